The van der Waals surface area contributed by atoms with Gasteiger partial charge in [-0.1, -0.05) is 6.92 Å². The van der Waals surface area contributed by atoms with Crippen LogP contribution in [0.4, 0.5) is 0 Å². The summed E-state index contributed by atoms with van der Waals surface area (Å²) in [5.74, 6) is -0.0650. The fraction of sp³-hybridized carbons (Fsp3) is 0.333. The van der Waals surface area contributed by atoms with Crippen LogP contribution in [0.5, 0.6) is 0 Å². The summed E-state index contributed by atoms with van der Waals surface area (Å²) in [6, 6.07) is 5.77. The number of amides is 1. The zero-order chi connectivity index (χ0) is 14.4. The molecular formula is C15H19N3OS. The lowest BCUT2D eigenvalue weighted by atomic mass is 10.1. The molecule has 0 saturated carbocycles. The van der Waals surface area contributed by atoms with Gasteiger partial charge in [0.25, 0.3) is 5.91 Å². The molecule has 106 valence electrons. The van der Waals surface area contributed by atoms with Gasteiger partial charge < -0.3 is 10.6 Å². The Morgan fingerprint density at radius 3 is 2.80 bits per heavy atom. The number of hydrogen-bond donors (Lipinski definition) is 2. The molecule has 0 aliphatic carbocycles. The number of pyridine rings is 1. The number of rotatable bonds is 6. The van der Waals surface area contributed by atoms with Crippen LogP contribution in [0.1, 0.15) is 23.0 Å². The Balaban J connectivity index is 2.04. The van der Waals surface area contributed by atoms with Crippen LogP contribution in [-0.4, -0.2) is 30.5 Å². The van der Waals surface area contributed by atoms with E-state index in [0.717, 1.165) is 30.0 Å². The Morgan fingerprint density at radius 2 is 2.15 bits per heavy atom. The highest BCUT2D eigenvalue weighted by molar-refractivity contribution is 7.08. The molecular weight excluding hydrogens is 270 g/mol. The van der Waals surface area contributed by atoms with Crippen molar-refractivity contribution in [1.29, 1.82) is 0 Å². The van der Waals surface area contributed by atoms with Gasteiger partial charge in [0.05, 0.1) is 17.0 Å². The number of nitrogens with one attached hydrogen (secondary N) is 2. The molecule has 0 radical (unpaired) electrons. The molecule has 2 heterocycles. The molecule has 0 aromatic carbocycles. The van der Waals surface area contributed by atoms with E-state index in [0.29, 0.717) is 12.1 Å². The van der Waals surface area contributed by atoms with E-state index >= 15 is 0 Å². The van der Waals surface area contributed by atoms with Crippen molar-refractivity contribution < 1.29 is 4.79 Å². The van der Waals surface area contributed by atoms with E-state index in [-0.39, 0.29) is 5.91 Å². The summed E-state index contributed by atoms with van der Waals surface area (Å²) >= 11 is 1.64. The molecule has 0 aliphatic rings. The number of thiophene rings is 1. The zero-order valence-corrected chi connectivity index (χ0v) is 12.6. The van der Waals surface area contributed by atoms with E-state index in [9.17, 15) is 4.79 Å². The molecule has 4 nitrogen and oxygen atoms in total. The normalized spacial score (nSPS) is 10.5. The predicted octanol–water partition coefficient (Wildman–Crippen LogP) is 2.46. The highest BCUT2D eigenvalue weighted by Gasteiger charge is 2.10. The fourth-order valence-electron chi connectivity index (χ4n) is 1.91. The minimum absolute atomic E-state index is 0.0650. The molecule has 2 aromatic heterocycles. The average Bonchev–Trinajstić information content (AvgIpc) is 2.97. The summed E-state index contributed by atoms with van der Waals surface area (Å²) in [6.45, 7) is 6.22. The third-order valence-electron chi connectivity index (χ3n) is 2.98. The maximum atomic E-state index is 12.0. The number of aromatic nitrogens is 1. The first-order chi connectivity index (χ1) is 9.72. The van der Waals surface area contributed by atoms with Crippen molar-refractivity contribution >= 4 is 17.2 Å². The fourth-order valence-corrected chi connectivity index (χ4v) is 2.56. The van der Waals surface area contributed by atoms with Gasteiger partial charge in [0.1, 0.15) is 0 Å². The van der Waals surface area contributed by atoms with Crippen LogP contribution >= 0.6 is 11.3 Å². The van der Waals surface area contributed by atoms with E-state index < -0.39 is 0 Å². The van der Waals surface area contributed by atoms with Gasteiger partial charge in [-0.05, 0) is 37.0 Å². The second-order valence-electron chi connectivity index (χ2n) is 4.45. The summed E-state index contributed by atoms with van der Waals surface area (Å²) < 4.78 is 0. The molecule has 0 aliphatic heterocycles. The maximum absolute atomic E-state index is 12.0. The van der Waals surface area contributed by atoms with Crippen molar-refractivity contribution in [2.75, 3.05) is 19.6 Å². The molecule has 0 fully saturated rings. The lowest BCUT2D eigenvalue weighted by molar-refractivity contribution is 0.0953. The van der Waals surface area contributed by atoms with E-state index in [4.69, 9.17) is 0 Å². The number of carbonyl (C=O) groups excluding carboxylic acids is 1. The molecule has 0 saturated heterocycles. The van der Waals surface area contributed by atoms with Crippen molar-refractivity contribution in [3.8, 4) is 11.3 Å². The summed E-state index contributed by atoms with van der Waals surface area (Å²) in [7, 11) is 0. The average molecular weight is 289 g/mol. The second kappa shape index (κ2) is 7.17. The van der Waals surface area contributed by atoms with Gasteiger partial charge in [-0.25, -0.2) is 0 Å². The Hall–Kier alpha value is -1.72. The molecule has 0 spiro atoms. The first-order valence-corrected chi connectivity index (χ1v) is 7.65. The number of carbonyl (C=O) groups is 1. The molecule has 0 unspecified atom stereocenters. The van der Waals surface area contributed by atoms with Crippen molar-refractivity contribution in [3.05, 3.63) is 40.2 Å². The van der Waals surface area contributed by atoms with Crippen LogP contribution < -0.4 is 10.6 Å². The molecule has 2 N–H and O–H groups in total. The summed E-state index contributed by atoms with van der Waals surface area (Å²) in [5.41, 5.74) is 3.40. The summed E-state index contributed by atoms with van der Waals surface area (Å²) in [5, 5.41) is 10.1. The topological polar surface area (TPSA) is 54.0 Å². The molecule has 20 heavy (non-hydrogen) atoms. The third kappa shape index (κ3) is 3.65. The van der Waals surface area contributed by atoms with Gasteiger partial charge in [-0.2, -0.15) is 11.3 Å². The Kier molecular flexibility index (Phi) is 5.26. The van der Waals surface area contributed by atoms with Crippen LogP contribution in [0.25, 0.3) is 11.3 Å². The van der Waals surface area contributed by atoms with Crippen LogP contribution in [-0.2, 0) is 0 Å². The standard InChI is InChI=1S/C15H19N3OS/c1-3-16-7-8-17-15(19)13-4-5-14(18-11(13)2)12-6-9-20-10-12/h4-6,9-10,16H,3,7-8H2,1-2H3,(H,17,19). The summed E-state index contributed by atoms with van der Waals surface area (Å²) in [6.07, 6.45) is 0. The van der Waals surface area contributed by atoms with Crippen LogP contribution in [0.2, 0.25) is 0 Å². The molecule has 0 bridgehead atoms. The molecule has 5 heteroatoms. The second-order valence-corrected chi connectivity index (χ2v) is 5.23. The largest absolute Gasteiger partial charge is 0.351 e. The highest BCUT2D eigenvalue weighted by Crippen LogP contribution is 2.21. The van der Waals surface area contributed by atoms with Crippen LogP contribution in [0.3, 0.4) is 0 Å². The minimum Gasteiger partial charge on any atom is -0.351 e. The first kappa shape index (κ1) is 14.7. The summed E-state index contributed by atoms with van der Waals surface area (Å²) in [4.78, 5) is 16.6. The van der Waals surface area contributed by atoms with E-state index in [1.165, 1.54) is 0 Å². The van der Waals surface area contributed by atoms with E-state index in [2.05, 4.69) is 21.0 Å². The van der Waals surface area contributed by atoms with Crippen molar-refractivity contribution in [2.45, 2.75) is 13.8 Å². The van der Waals surface area contributed by atoms with E-state index in [1.54, 1.807) is 11.3 Å². The number of aryl methyl sites for hydroxylation is 1. The lowest BCUT2D eigenvalue weighted by Gasteiger charge is -2.08. The molecule has 0 atom stereocenters. The first-order valence-electron chi connectivity index (χ1n) is 6.71. The predicted molar refractivity (Wildman–Crippen MR) is 83.2 cm³/mol. The molecule has 2 rings (SSSR count). The van der Waals surface area contributed by atoms with Gasteiger partial charge in [0.2, 0.25) is 0 Å². The van der Waals surface area contributed by atoms with Gasteiger partial charge in [0.15, 0.2) is 0 Å². The van der Waals surface area contributed by atoms with Crippen molar-refractivity contribution in [1.82, 2.24) is 15.6 Å². The SMILES string of the molecule is CCNCCNC(=O)c1ccc(-c2ccsc2)nc1C. The zero-order valence-electron chi connectivity index (χ0n) is 11.8. The number of likely N-dealkylation sites (N-methyl/N-ethyl adjacent to an activating group) is 1. The van der Waals surface area contributed by atoms with E-state index in [1.807, 2.05) is 37.4 Å². The Morgan fingerprint density at radius 1 is 1.30 bits per heavy atom. The van der Waals surface area contributed by atoms with Gasteiger partial charge in [-0.15, -0.1) is 0 Å². The van der Waals surface area contributed by atoms with Crippen LogP contribution in [0.15, 0.2) is 29.0 Å². The monoisotopic (exact) mass is 289 g/mol. The Bertz CT molecular complexity index is 567. The number of hydrogen-bond acceptors (Lipinski definition) is 4. The number of nitrogens with zero attached hydrogens (tertiary/aromatic N) is 1. The lowest BCUT2D eigenvalue weighted by Crippen LogP contribution is -2.32. The van der Waals surface area contributed by atoms with Crippen molar-refractivity contribution in [3.63, 3.8) is 0 Å². The third-order valence-corrected chi connectivity index (χ3v) is 3.67. The van der Waals surface area contributed by atoms with Crippen molar-refractivity contribution in [2.24, 2.45) is 0 Å². The Labute approximate surface area is 123 Å². The van der Waals surface area contributed by atoms with Gasteiger partial charge >= 0.3 is 0 Å². The molecule has 1 amide bonds. The smallest absolute Gasteiger partial charge is 0.253 e. The van der Waals surface area contributed by atoms with Crippen LogP contribution in [0, 0.1) is 6.92 Å². The molecule has 2 aromatic rings. The maximum Gasteiger partial charge on any atom is 0.253 e. The quantitative estimate of drug-likeness (QED) is 0.803. The van der Waals surface area contributed by atoms with Gasteiger partial charge in [0, 0.05) is 24.0 Å². The van der Waals surface area contributed by atoms with Gasteiger partial charge in [-0.3, -0.25) is 9.78 Å². The highest BCUT2D eigenvalue weighted by atomic mass is 32.1. The minimum atomic E-state index is -0.0650.